The molecule has 0 unspecified atom stereocenters. The van der Waals surface area contributed by atoms with E-state index in [1.807, 2.05) is 0 Å². The lowest BCUT2D eigenvalue weighted by atomic mass is 9.20. The van der Waals surface area contributed by atoms with Gasteiger partial charge in [0.25, 0.3) is 0 Å². The summed E-state index contributed by atoms with van der Waals surface area (Å²) in [7, 11) is 0. The molecule has 0 N–H and O–H groups in total. The first-order valence-corrected chi connectivity index (χ1v) is 38.1. The molecule has 0 bridgehead atoms. The second-order valence-corrected chi connectivity index (χ2v) is 33.3. The standard InChI is InChI=1S/C98H96B2N2/c1-59(2)65-53-69(61(5)6)93(70(54-65)62(7)8)99-85-51-49-67(101-89-45-29-25-41-81(89)97(82-42-26-30-46-90(82)101)77-37-21-17-33-73(77)95(13,14)74-34-18-22-38-78(74)97)57-87(85)100(94-71(63(9)10)55-66(60(3)4)56-72(94)64(11)12)88-58-68(50-52-86(88)99)102-91-47-31-27-43-83(91)98(84-44-28-32-48-92(84)102)79-39-23-19-35-75(79)96(15,16)76-36-20-24-40-80(76)98/h17-64H,1-16H3. The minimum atomic E-state index is -0.589. The van der Waals surface area contributed by atoms with Crippen LogP contribution in [0.1, 0.15) is 246 Å². The van der Waals surface area contributed by atoms with Crippen LogP contribution in [0.3, 0.4) is 0 Å². The first-order chi connectivity index (χ1) is 49.1. The van der Waals surface area contributed by atoms with Gasteiger partial charge in [-0.05, 0) is 184 Å². The van der Waals surface area contributed by atoms with Crippen LogP contribution >= 0.6 is 0 Å². The molecule has 0 fully saturated rings. The quantitative estimate of drug-likeness (QED) is 0.126. The zero-order valence-corrected chi connectivity index (χ0v) is 62.8. The fraction of sp³-hybridized carbons (Fsp3) is 0.265. The zero-order valence-electron chi connectivity index (χ0n) is 62.8. The van der Waals surface area contributed by atoms with Crippen molar-refractivity contribution in [2.45, 2.75) is 168 Å². The lowest BCUT2D eigenvalue weighted by Crippen LogP contribution is -2.76. The Morgan fingerprint density at radius 1 is 0.235 bits per heavy atom. The molecule has 5 aliphatic rings. The summed E-state index contributed by atoms with van der Waals surface area (Å²) in [6.07, 6.45) is 0. The van der Waals surface area contributed by atoms with Crippen LogP contribution in [-0.2, 0) is 21.7 Å². The number of hydrogen-bond donors (Lipinski definition) is 0. The minimum Gasteiger partial charge on any atom is -0.310 e. The molecule has 504 valence electrons. The average molecular weight is 1320 g/mol. The second-order valence-electron chi connectivity index (χ2n) is 33.3. The molecular formula is C98H96B2N2. The molecule has 0 saturated heterocycles. The molecule has 0 radical (unpaired) electrons. The summed E-state index contributed by atoms with van der Waals surface area (Å²) in [4.78, 5) is 5.31. The highest BCUT2D eigenvalue weighted by Gasteiger charge is 2.56. The topological polar surface area (TPSA) is 6.48 Å². The molecule has 3 heterocycles. The van der Waals surface area contributed by atoms with Crippen LogP contribution < -0.4 is 42.6 Å². The summed E-state index contributed by atoms with van der Waals surface area (Å²) in [6.45, 7) is 38.6. The highest BCUT2D eigenvalue weighted by atomic mass is 15.2. The van der Waals surface area contributed by atoms with Gasteiger partial charge in [-0.2, -0.15) is 0 Å². The molecule has 2 aliphatic carbocycles. The number of para-hydroxylation sites is 4. The monoisotopic (exact) mass is 1320 g/mol. The summed E-state index contributed by atoms with van der Waals surface area (Å²) in [5.41, 5.74) is 38.8. The largest absolute Gasteiger partial charge is 0.310 e. The van der Waals surface area contributed by atoms with Gasteiger partial charge < -0.3 is 9.80 Å². The van der Waals surface area contributed by atoms with Crippen molar-refractivity contribution in [1.29, 1.82) is 0 Å². The lowest BCUT2D eigenvalue weighted by molar-refractivity contribution is 0.556. The molecular weight excluding hydrogens is 1230 g/mol. The molecule has 102 heavy (non-hydrogen) atoms. The Kier molecular flexibility index (Phi) is 15.4. The molecule has 2 spiro atoms. The maximum absolute atomic E-state index is 2.70. The highest BCUT2D eigenvalue weighted by Crippen LogP contribution is 2.65. The van der Waals surface area contributed by atoms with Crippen molar-refractivity contribution in [1.82, 2.24) is 0 Å². The number of nitrogens with zero attached hydrogens (tertiary/aromatic N) is 2. The van der Waals surface area contributed by atoms with Crippen molar-refractivity contribution in [3.8, 4) is 0 Å². The SMILES string of the molecule is CC(C)c1cc(C(C)C)c(B2c3ccc(N4c5ccccc5C5(c6ccccc64)c4ccccc4C(C)(C)c4ccccc45)cc3B(c3c(C(C)C)cc(C(C)C)cc3C(C)C)c3cc(N4c5ccccc5C5(c6ccccc64)c4ccccc4C(C)(C)c4ccccc45)ccc32)c(C(C)C)c1. The van der Waals surface area contributed by atoms with Gasteiger partial charge in [-0.3, -0.25) is 0 Å². The van der Waals surface area contributed by atoms with Gasteiger partial charge in [0.15, 0.2) is 0 Å². The van der Waals surface area contributed by atoms with E-state index in [0.717, 1.165) is 0 Å². The third-order valence-corrected chi connectivity index (χ3v) is 25.0. The van der Waals surface area contributed by atoms with E-state index in [9.17, 15) is 0 Å². The minimum absolute atomic E-state index is 0.0871. The van der Waals surface area contributed by atoms with Gasteiger partial charge in [-0.25, -0.2) is 0 Å². The van der Waals surface area contributed by atoms with Gasteiger partial charge in [-0.15, -0.1) is 0 Å². The molecule has 12 aromatic carbocycles. The molecule has 12 aromatic rings. The van der Waals surface area contributed by atoms with Crippen molar-refractivity contribution in [2.75, 3.05) is 9.80 Å². The second kappa shape index (κ2) is 24.0. The van der Waals surface area contributed by atoms with E-state index in [4.69, 9.17) is 0 Å². The van der Waals surface area contributed by atoms with Crippen LogP contribution in [0, 0.1) is 0 Å². The summed E-state index contributed by atoms with van der Waals surface area (Å²) in [5, 5.41) is 0. The Hall–Kier alpha value is -9.63. The Labute approximate surface area is 609 Å². The Bertz CT molecular complexity index is 4870. The van der Waals surface area contributed by atoms with E-state index in [1.165, 1.54) is 167 Å². The van der Waals surface area contributed by atoms with Crippen molar-refractivity contribution < 1.29 is 0 Å². The Morgan fingerprint density at radius 3 is 0.706 bits per heavy atom. The van der Waals surface area contributed by atoms with Crippen LogP contribution in [0.2, 0.25) is 0 Å². The van der Waals surface area contributed by atoms with Gasteiger partial charge >= 0.3 is 0 Å². The molecule has 0 amide bonds. The zero-order chi connectivity index (χ0) is 70.8. The van der Waals surface area contributed by atoms with Crippen molar-refractivity contribution >= 4 is 80.3 Å². The van der Waals surface area contributed by atoms with Gasteiger partial charge in [0.2, 0.25) is 13.4 Å². The van der Waals surface area contributed by atoms with Crippen LogP contribution in [0.25, 0.3) is 0 Å². The van der Waals surface area contributed by atoms with Crippen LogP contribution in [0.4, 0.5) is 34.1 Å². The number of benzene rings is 12. The predicted octanol–water partition coefficient (Wildman–Crippen LogP) is 21.4. The van der Waals surface area contributed by atoms with E-state index in [0.29, 0.717) is 11.8 Å². The third-order valence-electron chi connectivity index (χ3n) is 25.0. The molecule has 0 atom stereocenters. The van der Waals surface area contributed by atoms with Crippen LogP contribution in [-0.4, -0.2) is 13.4 Å². The smallest absolute Gasteiger partial charge is 0.240 e. The van der Waals surface area contributed by atoms with Crippen molar-refractivity contribution in [2.24, 2.45) is 0 Å². The number of fused-ring (bicyclic) bond motifs is 18. The highest BCUT2D eigenvalue weighted by molar-refractivity contribution is 7.11. The number of rotatable bonds is 10. The molecule has 17 rings (SSSR count). The van der Waals surface area contributed by atoms with Crippen LogP contribution in [0.15, 0.2) is 255 Å². The fourth-order valence-corrected chi connectivity index (χ4v) is 20.3. The summed E-state index contributed by atoms with van der Waals surface area (Å²) in [6, 6.07) is 101. The van der Waals surface area contributed by atoms with Crippen LogP contribution in [0.5, 0.6) is 0 Å². The predicted molar refractivity (Wildman–Crippen MR) is 437 cm³/mol. The first-order valence-electron chi connectivity index (χ1n) is 38.1. The molecule has 2 nitrogen and oxygen atoms in total. The maximum Gasteiger partial charge on any atom is 0.240 e. The molecule has 0 aromatic heterocycles. The van der Waals surface area contributed by atoms with Crippen molar-refractivity contribution in [3.63, 3.8) is 0 Å². The summed E-state index contributed by atoms with van der Waals surface area (Å²) < 4.78 is 0. The Balaban J connectivity index is 0.984. The van der Waals surface area contributed by atoms with E-state index in [1.54, 1.807) is 0 Å². The van der Waals surface area contributed by atoms with Gasteiger partial charge in [0.05, 0.1) is 33.6 Å². The molecule has 4 heteroatoms. The normalized spacial score (nSPS) is 15.8. The lowest BCUT2D eigenvalue weighted by Gasteiger charge is -2.52. The summed E-state index contributed by atoms with van der Waals surface area (Å²) >= 11 is 0. The fourth-order valence-electron chi connectivity index (χ4n) is 20.3. The van der Waals surface area contributed by atoms with E-state index in [-0.39, 0.29) is 47.9 Å². The summed E-state index contributed by atoms with van der Waals surface area (Å²) in [5.74, 6) is 1.75. The van der Waals surface area contributed by atoms with E-state index in [2.05, 4.69) is 375 Å². The molecule has 3 aliphatic heterocycles. The number of hydrogen-bond acceptors (Lipinski definition) is 2. The Morgan fingerprint density at radius 2 is 0.461 bits per heavy atom. The first kappa shape index (κ1) is 65.7. The van der Waals surface area contributed by atoms with Gasteiger partial charge in [-0.1, -0.05) is 350 Å². The number of anilines is 6. The van der Waals surface area contributed by atoms with E-state index < -0.39 is 10.8 Å². The molecule has 0 saturated carbocycles. The van der Waals surface area contributed by atoms with Gasteiger partial charge in [0, 0.05) is 22.2 Å². The van der Waals surface area contributed by atoms with Crippen molar-refractivity contribution in [3.05, 3.63) is 355 Å². The van der Waals surface area contributed by atoms with E-state index >= 15 is 0 Å². The van der Waals surface area contributed by atoms with Gasteiger partial charge in [0.1, 0.15) is 0 Å². The average Bonchev–Trinajstić information content (AvgIpc) is 0.679. The third kappa shape index (κ3) is 9.18. The maximum atomic E-state index is 2.70.